The van der Waals surface area contributed by atoms with Crippen LogP contribution in [0.4, 0.5) is 8.78 Å². The molecule has 0 radical (unpaired) electrons. The van der Waals surface area contributed by atoms with Gasteiger partial charge >= 0.3 is 0 Å². The molecule has 0 spiro atoms. The van der Waals surface area contributed by atoms with Crippen molar-refractivity contribution in [3.63, 3.8) is 0 Å². The quantitative estimate of drug-likeness (QED) is 0.564. The van der Waals surface area contributed by atoms with E-state index in [1.54, 1.807) is 12.1 Å². The summed E-state index contributed by atoms with van der Waals surface area (Å²) >= 11 is 2.01. The summed E-state index contributed by atoms with van der Waals surface area (Å²) in [5, 5.41) is 0. The zero-order valence-electron chi connectivity index (χ0n) is 10.4. The molecule has 0 bridgehead atoms. The molecule has 2 aromatic rings. The van der Waals surface area contributed by atoms with Gasteiger partial charge in [0.25, 0.3) is 0 Å². The van der Waals surface area contributed by atoms with Gasteiger partial charge in [-0.25, -0.2) is 8.78 Å². The first kappa shape index (κ1) is 14.1. The van der Waals surface area contributed by atoms with Crippen molar-refractivity contribution < 1.29 is 13.6 Å². The third-order valence-corrected chi connectivity index (χ3v) is 4.38. The highest BCUT2D eigenvalue weighted by atomic mass is 127. The maximum atomic E-state index is 14.0. The van der Waals surface area contributed by atoms with Crippen LogP contribution in [0.5, 0.6) is 0 Å². The Morgan fingerprint density at radius 3 is 2.42 bits per heavy atom. The van der Waals surface area contributed by atoms with E-state index in [1.807, 2.05) is 35.6 Å². The summed E-state index contributed by atoms with van der Waals surface area (Å²) in [5.74, 6) is -2.24. The zero-order valence-corrected chi connectivity index (χ0v) is 12.6. The highest BCUT2D eigenvalue weighted by molar-refractivity contribution is 14.1. The summed E-state index contributed by atoms with van der Waals surface area (Å²) in [4.78, 5) is 12.3. The van der Waals surface area contributed by atoms with Crippen molar-refractivity contribution in [3.8, 4) is 0 Å². The molecule has 0 amide bonds. The van der Waals surface area contributed by atoms with E-state index in [1.165, 1.54) is 13.0 Å². The van der Waals surface area contributed by atoms with Crippen LogP contribution in [-0.4, -0.2) is 5.78 Å². The molecule has 0 saturated heterocycles. The Morgan fingerprint density at radius 2 is 1.74 bits per heavy atom. The summed E-state index contributed by atoms with van der Waals surface area (Å²) in [6, 6.07) is 7.58. The minimum Gasteiger partial charge on any atom is -0.288 e. The Hall–Kier alpha value is -1.30. The molecule has 2 aromatic carbocycles. The van der Waals surface area contributed by atoms with Gasteiger partial charge in [0.15, 0.2) is 5.78 Å². The van der Waals surface area contributed by atoms with Crippen molar-refractivity contribution in [1.29, 1.82) is 0 Å². The van der Waals surface area contributed by atoms with E-state index in [0.29, 0.717) is 9.13 Å². The third kappa shape index (κ3) is 2.54. The lowest BCUT2D eigenvalue weighted by Gasteiger charge is -2.09. The van der Waals surface area contributed by atoms with Crippen molar-refractivity contribution in [1.82, 2.24) is 0 Å². The molecule has 98 valence electrons. The molecule has 0 aliphatic rings. The van der Waals surface area contributed by atoms with E-state index in [4.69, 9.17) is 0 Å². The van der Waals surface area contributed by atoms with Gasteiger partial charge in [-0.1, -0.05) is 18.2 Å². The van der Waals surface area contributed by atoms with Gasteiger partial charge in [-0.3, -0.25) is 4.79 Å². The molecular formula is C15H11F2IO. The van der Waals surface area contributed by atoms with Crippen LogP contribution in [0.15, 0.2) is 30.3 Å². The predicted molar refractivity (Wildman–Crippen MR) is 78.4 cm³/mol. The molecule has 0 fully saturated rings. The minimum absolute atomic E-state index is 0.257. The molecule has 0 aliphatic carbocycles. The van der Waals surface area contributed by atoms with Crippen LogP contribution < -0.4 is 0 Å². The number of hydrogen-bond acceptors (Lipinski definition) is 1. The first-order valence-electron chi connectivity index (χ1n) is 5.68. The Balaban J connectivity index is 2.63. The second-order valence-corrected chi connectivity index (χ2v) is 5.40. The van der Waals surface area contributed by atoms with Crippen LogP contribution in [0.25, 0.3) is 0 Å². The molecule has 2 rings (SSSR count). The second kappa shape index (κ2) is 5.36. The van der Waals surface area contributed by atoms with Crippen molar-refractivity contribution in [2.24, 2.45) is 0 Å². The van der Waals surface area contributed by atoms with Crippen molar-refractivity contribution in [3.05, 3.63) is 67.8 Å². The zero-order chi connectivity index (χ0) is 14.2. The molecule has 0 unspecified atom stereocenters. The first-order chi connectivity index (χ1) is 8.93. The van der Waals surface area contributed by atoms with Gasteiger partial charge in [-0.05, 0) is 59.7 Å². The van der Waals surface area contributed by atoms with Crippen LogP contribution in [0.2, 0.25) is 0 Å². The second-order valence-electron chi connectivity index (χ2n) is 4.32. The van der Waals surface area contributed by atoms with Gasteiger partial charge in [0.1, 0.15) is 11.6 Å². The molecule has 4 heteroatoms. The lowest BCUT2D eigenvalue weighted by Crippen LogP contribution is -2.10. The summed E-state index contributed by atoms with van der Waals surface area (Å²) in [7, 11) is 0. The van der Waals surface area contributed by atoms with E-state index in [-0.39, 0.29) is 5.56 Å². The standard InChI is InChI=1S/C15H11F2IO/c1-8-6-7-11(16)12(13(8)17)15(19)10-5-3-4-9(2)14(10)18/h3-7H,1-2H3. The van der Waals surface area contributed by atoms with Crippen LogP contribution in [-0.2, 0) is 0 Å². The third-order valence-electron chi connectivity index (χ3n) is 2.95. The topological polar surface area (TPSA) is 17.1 Å². The number of carbonyl (C=O) groups excluding carboxylic acids is 1. The molecule has 0 atom stereocenters. The van der Waals surface area contributed by atoms with E-state index in [0.717, 1.165) is 11.6 Å². The molecule has 1 nitrogen and oxygen atoms in total. The van der Waals surface area contributed by atoms with E-state index in [9.17, 15) is 13.6 Å². The van der Waals surface area contributed by atoms with Gasteiger partial charge < -0.3 is 0 Å². The molecule has 0 saturated carbocycles. The fourth-order valence-corrected chi connectivity index (χ4v) is 2.43. The van der Waals surface area contributed by atoms with Crippen molar-refractivity contribution in [2.75, 3.05) is 0 Å². The number of ketones is 1. The van der Waals surface area contributed by atoms with E-state index < -0.39 is 23.0 Å². The minimum atomic E-state index is -0.828. The average Bonchev–Trinajstić information content (AvgIpc) is 2.37. The normalized spacial score (nSPS) is 10.6. The maximum Gasteiger partial charge on any atom is 0.200 e. The van der Waals surface area contributed by atoms with Gasteiger partial charge in [0.05, 0.1) is 5.56 Å². The fraction of sp³-hybridized carbons (Fsp3) is 0.133. The summed E-state index contributed by atoms with van der Waals surface area (Å²) in [6.07, 6.45) is 0. The molecule has 0 heterocycles. The Morgan fingerprint density at radius 1 is 1.05 bits per heavy atom. The lowest BCUT2D eigenvalue weighted by atomic mass is 9.99. The summed E-state index contributed by atoms with van der Waals surface area (Å²) in [6.45, 7) is 3.36. The number of aryl methyl sites for hydroxylation is 2. The molecule has 0 aromatic heterocycles. The highest BCUT2D eigenvalue weighted by Crippen LogP contribution is 2.24. The SMILES string of the molecule is Cc1ccc(F)c(C(=O)c2cccc(C)c2I)c1F. The van der Waals surface area contributed by atoms with Gasteiger partial charge in [0, 0.05) is 9.13 Å². The average molecular weight is 372 g/mol. The van der Waals surface area contributed by atoms with Gasteiger partial charge in [0.2, 0.25) is 0 Å². The van der Waals surface area contributed by atoms with Gasteiger partial charge in [-0.15, -0.1) is 0 Å². The van der Waals surface area contributed by atoms with E-state index in [2.05, 4.69) is 0 Å². The number of halogens is 3. The van der Waals surface area contributed by atoms with Gasteiger partial charge in [-0.2, -0.15) is 0 Å². The highest BCUT2D eigenvalue weighted by Gasteiger charge is 2.22. The fourth-order valence-electron chi connectivity index (χ4n) is 1.82. The predicted octanol–water partition coefficient (Wildman–Crippen LogP) is 4.42. The summed E-state index contributed by atoms with van der Waals surface area (Å²) < 4.78 is 28.4. The van der Waals surface area contributed by atoms with Crippen LogP contribution in [0, 0.1) is 29.1 Å². The van der Waals surface area contributed by atoms with E-state index >= 15 is 0 Å². The Kier molecular flexibility index (Phi) is 3.99. The number of rotatable bonds is 2. The smallest absolute Gasteiger partial charge is 0.200 e. The Labute approximate surface area is 123 Å². The monoisotopic (exact) mass is 372 g/mol. The summed E-state index contributed by atoms with van der Waals surface area (Å²) in [5.41, 5.74) is 1.000. The molecule has 0 N–H and O–H groups in total. The Bertz CT molecular complexity index is 665. The largest absolute Gasteiger partial charge is 0.288 e. The van der Waals surface area contributed by atoms with Crippen LogP contribution in [0.1, 0.15) is 27.0 Å². The molecular weight excluding hydrogens is 361 g/mol. The van der Waals surface area contributed by atoms with Crippen LogP contribution >= 0.6 is 22.6 Å². The number of benzene rings is 2. The first-order valence-corrected chi connectivity index (χ1v) is 6.75. The maximum absolute atomic E-state index is 14.0. The molecule has 0 aliphatic heterocycles. The lowest BCUT2D eigenvalue weighted by molar-refractivity contribution is 0.103. The molecule has 19 heavy (non-hydrogen) atoms. The number of hydrogen-bond donors (Lipinski definition) is 0. The number of carbonyl (C=O) groups is 1. The van der Waals surface area contributed by atoms with Crippen LogP contribution in [0.3, 0.4) is 0 Å². The van der Waals surface area contributed by atoms with Crippen molar-refractivity contribution in [2.45, 2.75) is 13.8 Å². The van der Waals surface area contributed by atoms with Crippen molar-refractivity contribution >= 4 is 28.4 Å².